The van der Waals surface area contributed by atoms with Gasteiger partial charge in [0.25, 0.3) is 5.88 Å². The average Bonchev–Trinajstić information content (AvgIpc) is 2.48. The van der Waals surface area contributed by atoms with Crippen LogP contribution in [-0.4, -0.2) is 15.1 Å². The van der Waals surface area contributed by atoms with Crippen molar-refractivity contribution in [1.29, 1.82) is 10.5 Å². The van der Waals surface area contributed by atoms with E-state index in [1.165, 1.54) is 24.4 Å². The number of hydrogen-bond donors (Lipinski definition) is 0. The molecule has 0 unspecified atom stereocenters. The molecule has 0 N–H and O–H groups in total. The first-order valence-corrected chi connectivity index (χ1v) is 5.24. The average molecular weight is 267 g/mol. The van der Waals surface area contributed by atoms with Gasteiger partial charge in [0.2, 0.25) is 5.75 Å². The molecule has 96 valence electrons. The molecule has 0 bridgehead atoms. The smallest absolute Gasteiger partial charge is 0.312 e. The molecule has 0 saturated carbocycles. The van der Waals surface area contributed by atoms with Crippen LogP contribution in [0.1, 0.15) is 11.1 Å². The highest BCUT2D eigenvalue weighted by atomic mass is 16.6. The van der Waals surface area contributed by atoms with Gasteiger partial charge in [-0.15, -0.1) is 5.10 Å². The van der Waals surface area contributed by atoms with Crippen molar-refractivity contribution in [3.8, 4) is 23.8 Å². The summed E-state index contributed by atoms with van der Waals surface area (Å²) in [5.74, 6) is -0.256. The molecule has 0 saturated heterocycles. The van der Waals surface area contributed by atoms with Crippen molar-refractivity contribution in [2.75, 3.05) is 0 Å². The molecule has 0 radical (unpaired) electrons. The minimum absolute atomic E-state index is 0.0960. The molecule has 0 amide bonds. The van der Waals surface area contributed by atoms with Crippen LogP contribution in [0.2, 0.25) is 0 Å². The molecule has 1 aromatic carbocycles. The first-order valence-electron chi connectivity index (χ1n) is 5.24. The number of rotatable bonds is 3. The SMILES string of the molecule is N#Cc1ccc(Oc2nnccc2C#N)c([N+](=O)[O-])c1. The second-order valence-electron chi connectivity index (χ2n) is 3.52. The Morgan fingerprint density at radius 3 is 2.70 bits per heavy atom. The van der Waals surface area contributed by atoms with Gasteiger partial charge in [0, 0.05) is 6.07 Å². The Bertz CT molecular complexity index is 760. The summed E-state index contributed by atoms with van der Waals surface area (Å²) in [7, 11) is 0. The maximum Gasteiger partial charge on any atom is 0.312 e. The van der Waals surface area contributed by atoms with Crippen LogP contribution in [-0.2, 0) is 0 Å². The molecule has 1 aromatic heterocycles. The molecule has 0 spiro atoms. The first-order chi connectivity index (χ1) is 9.65. The molecule has 20 heavy (non-hydrogen) atoms. The second-order valence-corrected chi connectivity index (χ2v) is 3.52. The number of nitro benzene ring substituents is 1. The highest BCUT2D eigenvalue weighted by Crippen LogP contribution is 2.32. The van der Waals surface area contributed by atoms with Crippen molar-refractivity contribution in [2.45, 2.75) is 0 Å². The van der Waals surface area contributed by atoms with Gasteiger partial charge in [0.05, 0.1) is 22.8 Å². The standard InChI is InChI=1S/C12H5N5O3/c13-6-8-1-2-11(10(5-8)17(18)19)20-12-9(7-14)3-4-15-16-12/h1-5H. The molecule has 0 atom stereocenters. The van der Waals surface area contributed by atoms with E-state index in [-0.39, 0.29) is 22.8 Å². The van der Waals surface area contributed by atoms with E-state index in [4.69, 9.17) is 15.3 Å². The summed E-state index contributed by atoms with van der Waals surface area (Å²) in [6.45, 7) is 0. The maximum atomic E-state index is 10.9. The Balaban J connectivity index is 2.47. The van der Waals surface area contributed by atoms with E-state index < -0.39 is 10.6 Å². The lowest BCUT2D eigenvalue weighted by Gasteiger charge is -2.05. The molecule has 0 fully saturated rings. The molecule has 8 nitrogen and oxygen atoms in total. The first kappa shape index (κ1) is 12.9. The van der Waals surface area contributed by atoms with Gasteiger partial charge in [-0.2, -0.15) is 15.6 Å². The summed E-state index contributed by atoms with van der Waals surface area (Å²) in [4.78, 5) is 10.3. The van der Waals surface area contributed by atoms with Gasteiger partial charge in [0.1, 0.15) is 11.6 Å². The van der Waals surface area contributed by atoms with Crippen molar-refractivity contribution in [1.82, 2.24) is 10.2 Å². The molecular formula is C12H5N5O3. The van der Waals surface area contributed by atoms with Crippen LogP contribution in [0.3, 0.4) is 0 Å². The van der Waals surface area contributed by atoms with Crippen LogP contribution >= 0.6 is 0 Å². The number of nitriles is 2. The van der Waals surface area contributed by atoms with Gasteiger partial charge in [-0.1, -0.05) is 0 Å². The van der Waals surface area contributed by atoms with E-state index in [0.29, 0.717) is 0 Å². The van der Waals surface area contributed by atoms with Crippen LogP contribution in [0.4, 0.5) is 5.69 Å². The molecule has 1 heterocycles. The summed E-state index contributed by atoms with van der Waals surface area (Å²) in [6.07, 6.45) is 1.30. The molecule has 8 heteroatoms. The number of benzene rings is 1. The minimum atomic E-state index is -0.682. The van der Waals surface area contributed by atoms with Crippen molar-refractivity contribution < 1.29 is 9.66 Å². The zero-order valence-electron chi connectivity index (χ0n) is 9.85. The summed E-state index contributed by atoms with van der Waals surface area (Å²) in [5, 5.41) is 35.7. The summed E-state index contributed by atoms with van der Waals surface area (Å²) in [6, 6.07) is 8.72. The van der Waals surface area contributed by atoms with Crippen molar-refractivity contribution in [2.24, 2.45) is 0 Å². The van der Waals surface area contributed by atoms with E-state index in [9.17, 15) is 10.1 Å². The molecule has 2 aromatic rings. The Hall–Kier alpha value is -3.52. The summed E-state index contributed by atoms with van der Waals surface area (Å²) < 4.78 is 5.25. The molecule has 0 aliphatic carbocycles. The zero-order chi connectivity index (χ0) is 14.5. The monoisotopic (exact) mass is 267 g/mol. The Morgan fingerprint density at radius 2 is 2.05 bits per heavy atom. The Morgan fingerprint density at radius 1 is 1.25 bits per heavy atom. The topological polar surface area (TPSA) is 126 Å². The van der Waals surface area contributed by atoms with Crippen LogP contribution in [0.15, 0.2) is 30.5 Å². The quantitative estimate of drug-likeness (QED) is 0.614. The van der Waals surface area contributed by atoms with Gasteiger partial charge in [0.15, 0.2) is 0 Å². The fraction of sp³-hybridized carbons (Fsp3) is 0. The van der Waals surface area contributed by atoms with Crippen molar-refractivity contribution in [3.05, 3.63) is 51.7 Å². The van der Waals surface area contributed by atoms with Crippen LogP contribution < -0.4 is 4.74 Å². The largest absolute Gasteiger partial charge is 0.429 e. The lowest BCUT2D eigenvalue weighted by Crippen LogP contribution is -1.98. The number of hydrogen-bond acceptors (Lipinski definition) is 7. The van der Waals surface area contributed by atoms with Crippen molar-refractivity contribution in [3.63, 3.8) is 0 Å². The zero-order valence-corrected chi connectivity index (χ0v) is 9.85. The Kier molecular flexibility index (Phi) is 3.50. The lowest BCUT2D eigenvalue weighted by atomic mass is 10.2. The predicted octanol–water partition coefficient (Wildman–Crippen LogP) is 1.92. The third kappa shape index (κ3) is 2.49. The van der Waals surface area contributed by atoms with E-state index >= 15 is 0 Å². The number of ether oxygens (including phenoxy) is 1. The van der Waals surface area contributed by atoms with Gasteiger partial charge in [-0.05, 0) is 18.2 Å². The number of nitro groups is 1. The van der Waals surface area contributed by atoms with E-state index in [1.807, 2.05) is 6.07 Å². The van der Waals surface area contributed by atoms with Gasteiger partial charge in [-0.3, -0.25) is 10.1 Å². The van der Waals surface area contributed by atoms with Crippen molar-refractivity contribution >= 4 is 5.69 Å². The third-order valence-corrected chi connectivity index (χ3v) is 2.30. The molecule has 0 aliphatic heterocycles. The van der Waals surface area contributed by atoms with Crippen LogP contribution in [0.25, 0.3) is 0 Å². The highest BCUT2D eigenvalue weighted by Gasteiger charge is 2.18. The molecule has 0 aliphatic rings. The van der Waals surface area contributed by atoms with Crippen LogP contribution in [0, 0.1) is 32.8 Å². The van der Waals surface area contributed by atoms with E-state index in [2.05, 4.69) is 10.2 Å². The third-order valence-electron chi connectivity index (χ3n) is 2.30. The fourth-order valence-electron chi connectivity index (χ4n) is 1.40. The minimum Gasteiger partial charge on any atom is -0.429 e. The molecular weight excluding hydrogens is 262 g/mol. The summed E-state index contributed by atoms with van der Waals surface area (Å²) >= 11 is 0. The van der Waals surface area contributed by atoms with E-state index in [0.717, 1.165) is 6.07 Å². The fourth-order valence-corrected chi connectivity index (χ4v) is 1.40. The predicted molar refractivity (Wildman–Crippen MR) is 64.6 cm³/mol. The molecule has 2 rings (SSSR count). The highest BCUT2D eigenvalue weighted by molar-refractivity contribution is 5.53. The van der Waals surface area contributed by atoms with Gasteiger partial charge < -0.3 is 4.74 Å². The number of aromatic nitrogens is 2. The van der Waals surface area contributed by atoms with Gasteiger partial charge in [-0.25, -0.2) is 0 Å². The van der Waals surface area contributed by atoms with Crippen LogP contribution in [0.5, 0.6) is 11.6 Å². The van der Waals surface area contributed by atoms with E-state index in [1.54, 1.807) is 6.07 Å². The summed E-state index contributed by atoms with van der Waals surface area (Å²) in [5.41, 5.74) is -0.166. The second kappa shape index (κ2) is 5.42. The van der Waals surface area contributed by atoms with Gasteiger partial charge >= 0.3 is 5.69 Å². The maximum absolute atomic E-state index is 10.9. The number of nitrogens with zero attached hydrogens (tertiary/aromatic N) is 5. The Labute approximate surface area is 112 Å². The normalized spacial score (nSPS) is 9.30. The lowest BCUT2D eigenvalue weighted by molar-refractivity contribution is -0.385.